The third-order valence-electron chi connectivity index (χ3n) is 2.74. The van der Waals surface area contributed by atoms with Gasteiger partial charge in [-0.2, -0.15) is 5.26 Å². The molecule has 18 heavy (non-hydrogen) atoms. The third kappa shape index (κ3) is 2.38. The first-order valence-electron chi connectivity index (χ1n) is 5.56. The second-order valence-electron chi connectivity index (χ2n) is 5.06. The van der Waals surface area contributed by atoms with E-state index in [1.807, 2.05) is 13.8 Å². The van der Waals surface area contributed by atoms with Crippen molar-refractivity contribution in [1.82, 2.24) is 0 Å². The summed E-state index contributed by atoms with van der Waals surface area (Å²) in [4.78, 5) is 0. The van der Waals surface area contributed by atoms with Gasteiger partial charge in [0.05, 0.1) is 0 Å². The minimum absolute atomic E-state index is 0.0588. The van der Waals surface area contributed by atoms with Gasteiger partial charge in [-0.3, -0.25) is 0 Å². The maximum Gasteiger partial charge on any atom is 0.496 e. The number of hydrogen-bond acceptors (Lipinski definition) is 3. The van der Waals surface area contributed by atoms with Gasteiger partial charge in [0.1, 0.15) is 23.3 Å². The Bertz CT molecular complexity index is 504. The van der Waals surface area contributed by atoms with Crippen molar-refractivity contribution in [2.75, 3.05) is 13.2 Å². The van der Waals surface area contributed by atoms with Crippen LogP contribution in [0.15, 0.2) is 12.1 Å². The molecule has 0 aromatic heterocycles. The van der Waals surface area contributed by atoms with E-state index in [-0.39, 0.29) is 10.9 Å². The van der Waals surface area contributed by atoms with Crippen LogP contribution in [0, 0.1) is 28.4 Å². The first-order valence-corrected chi connectivity index (χ1v) is 5.56. The summed E-state index contributed by atoms with van der Waals surface area (Å²) in [7, 11) is -0.884. The van der Waals surface area contributed by atoms with Crippen LogP contribution in [0.2, 0.25) is 0 Å². The molecule has 1 saturated heterocycles. The fourth-order valence-electron chi connectivity index (χ4n) is 1.73. The summed E-state index contributed by atoms with van der Waals surface area (Å²) in [5, 5.41) is 8.69. The van der Waals surface area contributed by atoms with Crippen LogP contribution in [-0.2, 0) is 9.31 Å². The Hall–Kier alpha value is -1.45. The highest BCUT2D eigenvalue weighted by molar-refractivity contribution is 6.61. The molecule has 0 amide bonds. The summed E-state index contributed by atoms with van der Waals surface area (Å²) < 4.78 is 37.9. The Morgan fingerprint density at radius 3 is 2.44 bits per heavy atom. The van der Waals surface area contributed by atoms with E-state index in [1.54, 1.807) is 0 Å². The molecule has 1 aliphatic heterocycles. The lowest BCUT2D eigenvalue weighted by atomic mass is 9.75. The average Bonchev–Trinajstić information content (AvgIpc) is 2.31. The number of benzene rings is 1. The normalized spacial score (nSPS) is 18.5. The van der Waals surface area contributed by atoms with Crippen LogP contribution in [0.25, 0.3) is 0 Å². The monoisotopic (exact) mass is 251 g/mol. The van der Waals surface area contributed by atoms with E-state index >= 15 is 0 Å². The molecule has 1 aromatic rings. The fourth-order valence-corrected chi connectivity index (χ4v) is 1.73. The Kier molecular flexibility index (Phi) is 3.37. The molecule has 1 fully saturated rings. The molecule has 1 heterocycles. The first kappa shape index (κ1) is 13.0. The molecule has 0 saturated carbocycles. The van der Waals surface area contributed by atoms with Crippen molar-refractivity contribution in [2.45, 2.75) is 13.8 Å². The zero-order chi connectivity index (χ0) is 13.3. The molecule has 0 N–H and O–H groups in total. The molecule has 0 atom stereocenters. The molecule has 1 aromatic carbocycles. The molecule has 2 rings (SSSR count). The molecule has 0 bridgehead atoms. The lowest BCUT2D eigenvalue weighted by molar-refractivity contribution is 0.0340. The van der Waals surface area contributed by atoms with Gasteiger partial charge in [0.2, 0.25) is 0 Å². The predicted octanol–water partition coefficient (Wildman–Crippen LogP) is 1.60. The Balaban J connectivity index is 2.28. The highest BCUT2D eigenvalue weighted by Crippen LogP contribution is 2.22. The summed E-state index contributed by atoms with van der Waals surface area (Å²) in [6.07, 6.45) is 0. The Morgan fingerprint density at radius 1 is 1.28 bits per heavy atom. The SMILES string of the molecule is CC1(C)COB(c2ccc(F)c(C#N)c2F)OC1. The van der Waals surface area contributed by atoms with Gasteiger partial charge in [-0.25, -0.2) is 8.78 Å². The molecule has 6 heteroatoms. The van der Waals surface area contributed by atoms with Crippen molar-refractivity contribution in [2.24, 2.45) is 5.41 Å². The highest BCUT2D eigenvalue weighted by Gasteiger charge is 2.36. The molecule has 0 unspecified atom stereocenters. The van der Waals surface area contributed by atoms with Crippen LogP contribution in [0.5, 0.6) is 0 Å². The van der Waals surface area contributed by atoms with E-state index in [0.717, 1.165) is 6.07 Å². The van der Waals surface area contributed by atoms with Crippen molar-refractivity contribution < 1.29 is 18.1 Å². The Morgan fingerprint density at radius 2 is 1.89 bits per heavy atom. The number of nitrogens with zero attached hydrogens (tertiary/aromatic N) is 1. The molecule has 3 nitrogen and oxygen atoms in total. The van der Waals surface area contributed by atoms with E-state index in [4.69, 9.17) is 14.6 Å². The van der Waals surface area contributed by atoms with Crippen molar-refractivity contribution in [3.8, 4) is 6.07 Å². The van der Waals surface area contributed by atoms with Gasteiger partial charge >= 0.3 is 7.12 Å². The number of halogens is 2. The summed E-state index contributed by atoms with van der Waals surface area (Å²) in [5.74, 6) is -1.79. The fraction of sp³-hybridized carbons (Fsp3) is 0.417. The van der Waals surface area contributed by atoms with Crippen molar-refractivity contribution in [1.29, 1.82) is 5.26 Å². The second-order valence-corrected chi connectivity index (χ2v) is 5.06. The second kappa shape index (κ2) is 4.67. The number of hydrogen-bond donors (Lipinski definition) is 0. The van der Waals surface area contributed by atoms with E-state index in [0.29, 0.717) is 13.2 Å². The van der Waals surface area contributed by atoms with Gasteiger partial charge in [-0.1, -0.05) is 19.9 Å². The van der Waals surface area contributed by atoms with Crippen LogP contribution in [0.1, 0.15) is 19.4 Å². The minimum Gasteiger partial charge on any atom is -0.407 e. The predicted molar refractivity (Wildman–Crippen MR) is 62.1 cm³/mol. The van der Waals surface area contributed by atoms with Crippen molar-refractivity contribution in [3.63, 3.8) is 0 Å². The van der Waals surface area contributed by atoms with Crippen molar-refractivity contribution in [3.05, 3.63) is 29.3 Å². The molecule has 0 radical (unpaired) electrons. The van der Waals surface area contributed by atoms with Crippen LogP contribution in [0.4, 0.5) is 8.78 Å². The molecule has 94 valence electrons. The van der Waals surface area contributed by atoms with Crippen LogP contribution in [-0.4, -0.2) is 20.3 Å². The van der Waals surface area contributed by atoms with Crippen LogP contribution < -0.4 is 5.46 Å². The van der Waals surface area contributed by atoms with Gasteiger partial charge < -0.3 is 9.31 Å². The maximum absolute atomic E-state index is 13.9. The standard InChI is InChI=1S/C12H12BF2NO2/c1-12(2)6-17-13(18-7-12)9-3-4-10(14)8(5-16)11(9)15/h3-4H,6-7H2,1-2H3. The first-order chi connectivity index (χ1) is 8.44. The summed E-state index contributed by atoms with van der Waals surface area (Å²) in [6.45, 7) is 4.75. The van der Waals surface area contributed by atoms with E-state index in [9.17, 15) is 8.78 Å². The molecule has 0 spiro atoms. The zero-order valence-corrected chi connectivity index (χ0v) is 10.2. The smallest absolute Gasteiger partial charge is 0.407 e. The highest BCUT2D eigenvalue weighted by atomic mass is 19.1. The lowest BCUT2D eigenvalue weighted by Gasteiger charge is -2.33. The van der Waals surface area contributed by atoms with Crippen LogP contribution >= 0.6 is 0 Å². The summed E-state index contributed by atoms with van der Waals surface area (Å²) in [5.41, 5.74) is -0.682. The third-order valence-corrected chi connectivity index (χ3v) is 2.74. The van der Waals surface area contributed by atoms with Gasteiger partial charge in [-0.15, -0.1) is 0 Å². The van der Waals surface area contributed by atoms with Crippen LogP contribution in [0.3, 0.4) is 0 Å². The summed E-state index contributed by atoms with van der Waals surface area (Å²) in [6, 6.07) is 3.79. The van der Waals surface area contributed by atoms with E-state index < -0.39 is 24.3 Å². The minimum atomic E-state index is -0.915. The molecular formula is C12H12BF2NO2. The molecular weight excluding hydrogens is 239 g/mol. The van der Waals surface area contributed by atoms with E-state index in [1.165, 1.54) is 12.1 Å². The largest absolute Gasteiger partial charge is 0.496 e. The van der Waals surface area contributed by atoms with Gasteiger partial charge in [0.25, 0.3) is 0 Å². The van der Waals surface area contributed by atoms with Gasteiger partial charge in [0.15, 0.2) is 0 Å². The topological polar surface area (TPSA) is 42.2 Å². The maximum atomic E-state index is 13.9. The van der Waals surface area contributed by atoms with E-state index in [2.05, 4.69) is 0 Å². The molecule has 1 aliphatic rings. The quantitative estimate of drug-likeness (QED) is 0.712. The zero-order valence-electron chi connectivity index (χ0n) is 10.2. The number of nitriles is 1. The summed E-state index contributed by atoms with van der Waals surface area (Å²) >= 11 is 0. The Labute approximate surface area is 104 Å². The van der Waals surface area contributed by atoms with Crippen molar-refractivity contribution >= 4 is 12.6 Å². The van der Waals surface area contributed by atoms with Gasteiger partial charge in [-0.05, 0) is 6.07 Å². The lowest BCUT2D eigenvalue weighted by Crippen LogP contribution is -2.48. The average molecular weight is 251 g/mol. The molecule has 0 aliphatic carbocycles. The number of rotatable bonds is 1. The van der Waals surface area contributed by atoms with Gasteiger partial charge in [0, 0.05) is 24.1 Å².